The number of fused-ring (bicyclic) bond motifs is 1. The third kappa shape index (κ3) is 3.56. The Balaban J connectivity index is 1.24. The van der Waals surface area contributed by atoms with Gasteiger partial charge < -0.3 is 9.80 Å². The van der Waals surface area contributed by atoms with Crippen molar-refractivity contribution in [1.29, 1.82) is 0 Å². The van der Waals surface area contributed by atoms with Crippen molar-refractivity contribution in [3.05, 3.63) is 59.9 Å². The van der Waals surface area contributed by atoms with E-state index < -0.39 is 0 Å². The van der Waals surface area contributed by atoms with E-state index in [2.05, 4.69) is 45.3 Å². The van der Waals surface area contributed by atoms with Crippen molar-refractivity contribution in [3.8, 4) is 5.82 Å². The van der Waals surface area contributed by atoms with E-state index in [0.29, 0.717) is 5.82 Å². The zero-order valence-corrected chi connectivity index (χ0v) is 17.2. The second kappa shape index (κ2) is 7.89. The highest BCUT2D eigenvalue weighted by Crippen LogP contribution is 2.31. The van der Waals surface area contributed by atoms with E-state index in [1.807, 2.05) is 29.3 Å². The van der Waals surface area contributed by atoms with Crippen LogP contribution in [0.1, 0.15) is 30.4 Å². The average Bonchev–Trinajstić information content (AvgIpc) is 3.33. The molecule has 7 heteroatoms. The van der Waals surface area contributed by atoms with Crippen LogP contribution in [0.3, 0.4) is 0 Å². The molecule has 1 amide bonds. The van der Waals surface area contributed by atoms with Crippen LogP contribution in [0.25, 0.3) is 5.82 Å². The fraction of sp³-hybridized carbons (Fsp3) is 0.391. The van der Waals surface area contributed by atoms with E-state index in [0.717, 1.165) is 56.8 Å². The summed E-state index contributed by atoms with van der Waals surface area (Å²) in [7, 11) is 0. The van der Waals surface area contributed by atoms with Crippen LogP contribution in [0.2, 0.25) is 0 Å². The molecule has 0 bridgehead atoms. The van der Waals surface area contributed by atoms with Crippen molar-refractivity contribution >= 4 is 17.4 Å². The second-order valence-electron chi connectivity index (χ2n) is 8.19. The molecule has 30 heavy (non-hydrogen) atoms. The molecule has 1 fully saturated rings. The largest absolute Gasteiger partial charge is 0.355 e. The Hall–Kier alpha value is -3.22. The number of carbonyl (C=O) groups excluding carboxylic acids is 1. The van der Waals surface area contributed by atoms with E-state index in [-0.39, 0.29) is 11.8 Å². The van der Waals surface area contributed by atoms with Crippen LogP contribution < -0.4 is 9.80 Å². The van der Waals surface area contributed by atoms with E-state index in [4.69, 9.17) is 0 Å². The van der Waals surface area contributed by atoms with Gasteiger partial charge in [-0.05, 0) is 62.4 Å². The Labute approximate surface area is 176 Å². The maximum atomic E-state index is 13.3. The third-order valence-electron chi connectivity index (χ3n) is 6.16. The molecule has 2 aliphatic rings. The van der Waals surface area contributed by atoms with Crippen molar-refractivity contribution in [3.63, 3.8) is 0 Å². The number of hydrogen-bond donors (Lipinski definition) is 0. The van der Waals surface area contributed by atoms with Crippen molar-refractivity contribution < 1.29 is 4.79 Å². The van der Waals surface area contributed by atoms with Gasteiger partial charge in [-0.15, -0.1) is 10.2 Å². The minimum Gasteiger partial charge on any atom is -0.355 e. The first-order valence-electron chi connectivity index (χ1n) is 10.7. The maximum absolute atomic E-state index is 13.3. The van der Waals surface area contributed by atoms with E-state index in [9.17, 15) is 4.79 Å². The topological polar surface area (TPSA) is 67.2 Å². The molecular weight excluding hydrogens is 376 g/mol. The van der Waals surface area contributed by atoms with Gasteiger partial charge in [-0.2, -0.15) is 5.10 Å². The molecule has 1 aromatic carbocycles. The molecule has 0 unspecified atom stereocenters. The van der Waals surface area contributed by atoms with Gasteiger partial charge in [0.05, 0.1) is 0 Å². The lowest BCUT2D eigenvalue weighted by molar-refractivity contribution is -0.123. The summed E-state index contributed by atoms with van der Waals surface area (Å²) in [5.74, 6) is 1.91. The smallest absolute Gasteiger partial charge is 0.230 e. The highest BCUT2D eigenvalue weighted by atomic mass is 16.2. The molecule has 0 aliphatic carbocycles. The van der Waals surface area contributed by atoms with Crippen molar-refractivity contribution in [2.75, 3.05) is 29.4 Å². The van der Waals surface area contributed by atoms with Gasteiger partial charge in [-0.1, -0.05) is 17.7 Å². The molecule has 0 N–H and O–H groups in total. The molecule has 2 aliphatic heterocycles. The molecular formula is C23H26N6O. The summed E-state index contributed by atoms with van der Waals surface area (Å²) in [4.78, 5) is 17.5. The number of piperidine rings is 1. The molecule has 2 aromatic heterocycles. The van der Waals surface area contributed by atoms with Gasteiger partial charge in [-0.25, -0.2) is 4.68 Å². The van der Waals surface area contributed by atoms with Gasteiger partial charge in [0.25, 0.3) is 0 Å². The number of aryl methyl sites for hydroxylation is 2. The Bertz CT molecular complexity index is 1020. The lowest BCUT2D eigenvalue weighted by Crippen LogP contribution is -2.44. The quantitative estimate of drug-likeness (QED) is 0.673. The normalized spacial score (nSPS) is 17.1. The minimum absolute atomic E-state index is 0.0739. The van der Waals surface area contributed by atoms with Crippen molar-refractivity contribution in [1.82, 2.24) is 20.0 Å². The third-order valence-corrected chi connectivity index (χ3v) is 6.16. The van der Waals surface area contributed by atoms with Crippen LogP contribution in [-0.2, 0) is 11.2 Å². The molecule has 0 atom stereocenters. The number of benzene rings is 1. The standard InChI is InChI=1S/C23H26N6O/c1-17-5-6-20-19(16-17)4-2-12-28(20)23(30)18-9-14-27(15-10-18)21-7-8-22(26-25-21)29-13-3-11-24-29/h3,5-8,11,13,16,18H,2,4,9-10,12,14-15H2,1H3. The predicted octanol–water partition coefficient (Wildman–Crippen LogP) is 3.17. The zero-order valence-electron chi connectivity index (χ0n) is 17.2. The number of rotatable bonds is 3. The summed E-state index contributed by atoms with van der Waals surface area (Å²) < 4.78 is 1.69. The molecule has 0 saturated carbocycles. The summed E-state index contributed by atoms with van der Waals surface area (Å²) in [6.07, 6.45) is 7.37. The number of hydrogen-bond acceptors (Lipinski definition) is 5. The molecule has 7 nitrogen and oxygen atoms in total. The number of anilines is 2. The van der Waals surface area contributed by atoms with E-state index in [1.54, 1.807) is 10.9 Å². The molecule has 0 radical (unpaired) electrons. The predicted molar refractivity (Wildman–Crippen MR) is 116 cm³/mol. The summed E-state index contributed by atoms with van der Waals surface area (Å²) in [6, 6.07) is 12.2. The van der Waals surface area contributed by atoms with E-state index in [1.165, 1.54) is 11.1 Å². The van der Waals surface area contributed by atoms with Crippen LogP contribution in [0, 0.1) is 12.8 Å². The average molecular weight is 403 g/mol. The van der Waals surface area contributed by atoms with Crippen molar-refractivity contribution in [2.45, 2.75) is 32.6 Å². The summed E-state index contributed by atoms with van der Waals surface area (Å²) in [5.41, 5.74) is 3.68. The van der Waals surface area contributed by atoms with Crippen LogP contribution in [0.15, 0.2) is 48.8 Å². The number of aromatic nitrogens is 4. The molecule has 4 heterocycles. The van der Waals surface area contributed by atoms with Gasteiger partial charge in [0.2, 0.25) is 5.91 Å². The van der Waals surface area contributed by atoms with Crippen LogP contribution in [0.5, 0.6) is 0 Å². The lowest BCUT2D eigenvalue weighted by Gasteiger charge is -2.36. The lowest BCUT2D eigenvalue weighted by atomic mass is 9.92. The molecule has 3 aromatic rings. The maximum Gasteiger partial charge on any atom is 0.230 e. The van der Waals surface area contributed by atoms with Gasteiger partial charge in [-0.3, -0.25) is 4.79 Å². The first-order valence-corrected chi connectivity index (χ1v) is 10.7. The number of carbonyl (C=O) groups is 1. The molecule has 154 valence electrons. The molecule has 5 rings (SSSR count). The first-order chi connectivity index (χ1) is 14.7. The monoisotopic (exact) mass is 402 g/mol. The fourth-order valence-electron chi connectivity index (χ4n) is 4.54. The first kappa shape index (κ1) is 18.8. The fourth-order valence-corrected chi connectivity index (χ4v) is 4.54. The summed E-state index contributed by atoms with van der Waals surface area (Å²) >= 11 is 0. The highest BCUT2D eigenvalue weighted by molar-refractivity contribution is 5.96. The Morgan fingerprint density at radius 2 is 1.83 bits per heavy atom. The summed E-state index contributed by atoms with van der Waals surface area (Å²) in [5, 5.41) is 12.8. The molecule has 1 saturated heterocycles. The SMILES string of the molecule is Cc1ccc2c(c1)CCCN2C(=O)C1CCN(c2ccc(-n3cccn3)nn2)CC1. The number of nitrogens with zero attached hydrogens (tertiary/aromatic N) is 6. The Morgan fingerprint density at radius 3 is 2.57 bits per heavy atom. The van der Waals surface area contributed by atoms with Crippen molar-refractivity contribution in [2.24, 2.45) is 5.92 Å². The Kier molecular flexibility index (Phi) is 4.94. The highest BCUT2D eigenvalue weighted by Gasteiger charge is 2.31. The van der Waals surface area contributed by atoms with Gasteiger partial charge in [0, 0.05) is 43.6 Å². The van der Waals surface area contributed by atoms with Crippen LogP contribution in [-0.4, -0.2) is 45.5 Å². The molecule has 0 spiro atoms. The van der Waals surface area contributed by atoms with Gasteiger partial charge in [0.15, 0.2) is 11.6 Å². The van der Waals surface area contributed by atoms with Gasteiger partial charge in [0.1, 0.15) is 0 Å². The Morgan fingerprint density at radius 1 is 1.03 bits per heavy atom. The van der Waals surface area contributed by atoms with Gasteiger partial charge >= 0.3 is 0 Å². The van der Waals surface area contributed by atoms with E-state index >= 15 is 0 Å². The second-order valence-corrected chi connectivity index (χ2v) is 8.19. The van der Waals surface area contributed by atoms with Crippen LogP contribution in [0.4, 0.5) is 11.5 Å². The number of amides is 1. The van der Waals surface area contributed by atoms with Crippen LogP contribution >= 0.6 is 0 Å². The minimum atomic E-state index is 0.0739. The summed E-state index contributed by atoms with van der Waals surface area (Å²) in [6.45, 7) is 4.58. The zero-order chi connectivity index (χ0) is 20.5.